The predicted molar refractivity (Wildman–Crippen MR) is 104 cm³/mol. The van der Waals surface area contributed by atoms with Crippen LogP contribution in [0.2, 0.25) is 0 Å². The molecule has 0 aliphatic heterocycles. The molecule has 27 heavy (non-hydrogen) atoms. The zero-order valence-electron chi connectivity index (χ0n) is 15.5. The summed E-state index contributed by atoms with van der Waals surface area (Å²) in [6.45, 7) is 1.60. The largest absolute Gasteiger partial charge is 0.493 e. The lowest BCUT2D eigenvalue weighted by molar-refractivity contribution is 0.354. The average Bonchev–Trinajstić information content (AvgIpc) is 2.72. The summed E-state index contributed by atoms with van der Waals surface area (Å²) in [5.41, 5.74) is 2.33. The van der Waals surface area contributed by atoms with Crippen LogP contribution in [0.25, 0.3) is 0 Å². The molecule has 0 amide bonds. The lowest BCUT2D eigenvalue weighted by atomic mass is 10.1. The monoisotopic (exact) mass is 365 g/mol. The molecule has 3 aromatic rings. The van der Waals surface area contributed by atoms with Crippen molar-refractivity contribution in [1.82, 2.24) is 15.3 Å². The molecule has 0 saturated carbocycles. The molecule has 0 aliphatic rings. The van der Waals surface area contributed by atoms with Gasteiger partial charge in [-0.05, 0) is 54.4 Å². The van der Waals surface area contributed by atoms with E-state index in [0.29, 0.717) is 6.01 Å². The van der Waals surface area contributed by atoms with Crippen molar-refractivity contribution in [2.75, 3.05) is 20.8 Å². The summed E-state index contributed by atoms with van der Waals surface area (Å²) in [5, 5.41) is 3.45. The Morgan fingerprint density at radius 1 is 0.852 bits per heavy atom. The van der Waals surface area contributed by atoms with Crippen LogP contribution in [-0.2, 0) is 13.0 Å². The van der Waals surface area contributed by atoms with E-state index in [-0.39, 0.29) is 0 Å². The minimum Gasteiger partial charge on any atom is -0.493 e. The number of rotatable bonds is 9. The van der Waals surface area contributed by atoms with Crippen LogP contribution in [0.15, 0.2) is 60.9 Å². The van der Waals surface area contributed by atoms with Gasteiger partial charge in [0.2, 0.25) is 0 Å². The summed E-state index contributed by atoms with van der Waals surface area (Å²) in [7, 11) is 3.29. The Bertz CT molecular complexity index is 856. The van der Waals surface area contributed by atoms with Crippen molar-refractivity contribution in [3.63, 3.8) is 0 Å². The molecule has 0 atom stereocenters. The van der Waals surface area contributed by atoms with Gasteiger partial charge >= 0.3 is 6.01 Å². The van der Waals surface area contributed by atoms with E-state index in [1.54, 1.807) is 32.7 Å². The van der Waals surface area contributed by atoms with Gasteiger partial charge in [-0.15, -0.1) is 0 Å². The van der Waals surface area contributed by atoms with Gasteiger partial charge in [0.05, 0.1) is 14.2 Å². The fourth-order valence-corrected chi connectivity index (χ4v) is 2.66. The first-order valence-electron chi connectivity index (χ1n) is 8.74. The SMILES string of the molecule is COc1ccc(CCNCc2cccc(Oc3ncccn3)c2)cc1OC. The maximum Gasteiger partial charge on any atom is 0.321 e. The van der Waals surface area contributed by atoms with Gasteiger partial charge in [0, 0.05) is 18.9 Å². The van der Waals surface area contributed by atoms with Gasteiger partial charge in [-0.2, -0.15) is 0 Å². The third kappa shape index (κ3) is 5.43. The molecule has 0 unspecified atom stereocenters. The number of hydrogen-bond donors (Lipinski definition) is 1. The van der Waals surface area contributed by atoms with Crippen LogP contribution in [0.5, 0.6) is 23.3 Å². The van der Waals surface area contributed by atoms with Gasteiger partial charge in [0.15, 0.2) is 11.5 Å². The van der Waals surface area contributed by atoms with Crippen molar-refractivity contribution in [3.05, 3.63) is 72.1 Å². The standard InChI is InChI=1S/C21H23N3O3/c1-25-19-8-7-16(14-20(19)26-2)9-12-22-15-17-5-3-6-18(13-17)27-21-23-10-4-11-24-21/h3-8,10-11,13-14,22H,9,12,15H2,1-2H3. The number of methoxy groups -OCH3 is 2. The van der Waals surface area contributed by atoms with Crippen LogP contribution in [0, 0.1) is 0 Å². The molecule has 6 nitrogen and oxygen atoms in total. The molecule has 2 aromatic carbocycles. The first-order chi connectivity index (χ1) is 13.3. The van der Waals surface area contributed by atoms with Crippen molar-refractivity contribution in [2.45, 2.75) is 13.0 Å². The second-order valence-corrected chi connectivity index (χ2v) is 5.90. The van der Waals surface area contributed by atoms with Gasteiger partial charge in [-0.25, -0.2) is 9.97 Å². The van der Waals surface area contributed by atoms with Crippen LogP contribution in [0.4, 0.5) is 0 Å². The van der Waals surface area contributed by atoms with Gasteiger partial charge in [-0.1, -0.05) is 18.2 Å². The number of benzene rings is 2. The maximum atomic E-state index is 5.67. The molecular formula is C21H23N3O3. The fraction of sp³-hybridized carbons (Fsp3) is 0.238. The van der Waals surface area contributed by atoms with Crippen molar-refractivity contribution >= 4 is 0 Å². The zero-order chi connectivity index (χ0) is 18.9. The summed E-state index contributed by atoms with van der Waals surface area (Å²) >= 11 is 0. The molecule has 0 radical (unpaired) electrons. The second kappa shape index (κ2) is 9.54. The van der Waals surface area contributed by atoms with Crippen molar-refractivity contribution < 1.29 is 14.2 Å². The van der Waals surface area contributed by atoms with E-state index >= 15 is 0 Å². The van der Waals surface area contributed by atoms with Crippen LogP contribution >= 0.6 is 0 Å². The van der Waals surface area contributed by atoms with Gasteiger partial charge in [0.25, 0.3) is 0 Å². The molecule has 1 heterocycles. The number of aromatic nitrogens is 2. The summed E-state index contributed by atoms with van der Waals surface area (Å²) in [5.74, 6) is 2.22. The number of nitrogens with zero attached hydrogens (tertiary/aromatic N) is 2. The van der Waals surface area contributed by atoms with Gasteiger partial charge in [0.1, 0.15) is 5.75 Å². The Kier molecular flexibility index (Phi) is 6.60. The van der Waals surface area contributed by atoms with E-state index in [9.17, 15) is 0 Å². The van der Waals surface area contributed by atoms with E-state index < -0.39 is 0 Å². The van der Waals surface area contributed by atoms with Crippen LogP contribution in [0.1, 0.15) is 11.1 Å². The van der Waals surface area contributed by atoms with E-state index in [0.717, 1.165) is 42.3 Å². The van der Waals surface area contributed by atoms with Crippen LogP contribution in [0.3, 0.4) is 0 Å². The Morgan fingerprint density at radius 3 is 2.44 bits per heavy atom. The first kappa shape index (κ1) is 18.7. The highest BCUT2D eigenvalue weighted by atomic mass is 16.5. The Labute approximate surface area is 159 Å². The normalized spacial score (nSPS) is 10.4. The Balaban J connectivity index is 1.50. The number of hydrogen-bond acceptors (Lipinski definition) is 6. The van der Waals surface area contributed by atoms with Crippen molar-refractivity contribution in [1.29, 1.82) is 0 Å². The highest BCUT2D eigenvalue weighted by molar-refractivity contribution is 5.43. The summed E-state index contributed by atoms with van der Waals surface area (Å²) in [4.78, 5) is 8.14. The summed E-state index contributed by atoms with van der Waals surface area (Å²) in [6, 6.07) is 16.0. The van der Waals surface area contributed by atoms with E-state index in [1.807, 2.05) is 30.3 Å². The third-order valence-corrected chi connectivity index (χ3v) is 4.02. The van der Waals surface area contributed by atoms with E-state index in [4.69, 9.17) is 14.2 Å². The number of nitrogens with one attached hydrogen (secondary N) is 1. The maximum absolute atomic E-state index is 5.67. The van der Waals surface area contributed by atoms with E-state index in [2.05, 4.69) is 27.4 Å². The fourth-order valence-electron chi connectivity index (χ4n) is 2.66. The molecule has 6 heteroatoms. The third-order valence-electron chi connectivity index (χ3n) is 4.02. The molecular weight excluding hydrogens is 342 g/mol. The lowest BCUT2D eigenvalue weighted by Gasteiger charge is -2.10. The minimum atomic E-state index is 0.344. The quantitative estimate of drug-likeness (QED) is 0.584. The molecule has 0 spiro atoms. The van der Waals surface area contributed by atoms with Crippen molar-refractivity contribution in [3.8, 4) is 23.3 Å². The average molecular weight is 365 g/mol. The first-order valence-corrected chi connectivity index (χ1v) is 8.74. The minimum absolute atomic E-state index is 0.344. The molecule has 1 N–H and O–H groups in total. The topological polar surface area (TPSA) is 65.5 Å². The molecule has 1 aromatic heterocycles. The number of ether oxygens (including phenoxy) is 3. The predicted octanol–water partition coefficient (Wildman–Crippen LogP) is 3.62. The zero-order valence-corrected chi connectivity index (χ0v) is 15.5. The molecule has 0 saturated heterocycles. The van der Waals surface area contributed by atoms with Gasteiger partial charge < -0.3 is 19.5 Å². The molecule has 3 rings (SSSR count). The Morgan fingerprint density at radius 2 is 1.67 bits per heavy atom. The van der Waals surface area contributed by atoms with Crippen LogP contribution < -0.4 is 19.5 Å². The highest BCUT2D eigenvalue weighted by Crippen LogP contribution is 2.27. The smallest absolute Gasteiger partial charge is 0.321 e. The summed E-state index contributed by atoms with van der Waals surface area (Å²) < 4.78 is 16.3. The van der Waals surface area contributed by atoms with Crippen LogP contribution in [-0.4, -0.2) is 30.7 Å². The van der Waals surface area contributed by atoms with Crippen molar-refractivity contribution in [2.24, 2.45) is 0 Å². The molecule has 0 fully saturated rings. The van der Waals surface area contributed by atoms with E-state index in [1.165, 1.54) is 5.56 Å². The lowest BCUT2D eigenvalue weighted by Crippen LogP contribution is -2.16. The Hall–Kier alpha value is -3.12. The molecule has 0 aliphatic carbocycles. The summed E-state index contributed by atoms with van der Waals surface area (Å²) in [6.07, 6.45) is 4.21. The molecule has 0 bridgehead atoms. The second-order valence-electron chi connectivity index (χ2n) is 5.90. The van der Waals surface area contributed by atoms with Gasteiger partial charge in [-0.3, -0.25) is 0 Å². The molecule has 140 valence electrons. The highest BCUT2D eigenvalue weighted by Gasteiger charge is 2.05.